The summed E-state index contributed by atoms with van der Waals surface area (Å²) in [5.74, 6) is 0.959. The molecule has 14 heavy (non-hydrogen) atoms. The molecule has 0 saturated carbocycles. The largest absolute Gasteiger partial charge is 0.330 e. The Morgan fingerprint density at radius 2 is 1.50 bits per heavy atom. The van der Waals surface area contributed by atoms with E-state index in [2.05, 4.69) is 13.8 Å². The molecule has 0 saturated heterocycles. The van der Waals surface area contributed by atoms with E-state index in [4.69, 9.17) is 5.73 Å². The van der Waals surface area contributed by atoms with E-state index in [1.807, 2.05) is 0 Å². The summed E-state index contributed by atoms with van der Waals surface area (Å²) in [5, 5.41) is 0. The molecule has 0 aromatic carbocycles. The van der Waals surface area contributed by atoms with Crippen LogP contribution in [0, 0.1) is 5.92 Å². The lowest BCUT2D eigenvalue weighted by atomic mass is 9.92. The molecule has 1 atom stereocenters. The Hall–Kier alpha value is -0.0400. The SMILES string of the molecule is CCCCCCC(CCC)CCCN. The highest BCUT2D eigenvalue weighted by atomic mass is 14.5. The van der Waals surface area contributed by atoms with Crippen molar-refractivity contribution in [1.82, 2.24) is 0 Å². The van der Waals surface area contributed by atoms with E-state index in [-0.39, 0.29) is 0 Å². The molecule has 0 aliphatic heterocycles. The lowest BCUT2D eigenvalue weighted by molar-refractivity contribution is 0.388. The summed E-state index contributed by atoms with van der Waals surface area (Å²) in [4.78, 5) is 0. The first-order valence-corrected chi connectivity index (χ1v) is 6.55. The average molecular weight is 199 g/mol. The Balaban J connectivity index is 3.40. The van der Waals surface area contributed by atoms with Crippen molar-refractivity contribution in [1.29, 1.82) is 0 Å². The van der Waals surface area contributed by atoms with Gasteiger partial charge in [-0.3, -0.25) is 0 Å². The van der Waals surface area contributed by atoms with Crippen LogP contribution in [0.5, 0.6) is 0 Å². The van der Waals surface area contributed by atoms with Gasteiger partial charge in [-0.2, -0.15) is 0 Å². The van der Waals surface area contributed by atoms with E-state index in [1.165, 1.54) is 57.8 Å². The quantitative estimate of drug-likeness (QED) is 0.526. The predicted molar refractivity (Wildman–Crippen MR) is 65.4 cm³/mol. The first kappa shape index (κ1) is 14.0. The maximum atomic E-state index is 5.55. The van der Waals surface area contributed by atoms with Crippen molar-refractivity contribution in [3.63, 3.8) is 0 Å². The van der Waals surface area contributed by atoms with Gasteiger partial charge in [-0.15, -0.1) is 0 Å². The van der Waals surface area contributed by atoms with Crippen LogP contribution in [-0.4, -0.2) is 6.54 Å². The lowest BCUT2D eigenvalue weighted by Gasteiger charge is -2.15. The minimum absolute atomic E-state index is 0.870. The van der Waals surface area contributed by atoms with Crippen molar-refractivity contribution >= 4 is 0 Å². The lowest BCUT2D eigenvalue weighted by Crippen LogP contribution is -2.05. The van der Waals surface area contributed by atoms with E-state index in [0.717, 1.165) is 12.5 Å². The van der Waals surface area contributed by atoms with Gasteiger partial charge < -0.3 is 5.73 Å². The molecule has 0 bridgehead atoms. The summed E-state index contributed by atoms with van der Waals surface area (Å²) < 4.78 is 0. The molecule has 0 spiro atoms. The molecule has 0 heterocycles. The number of nitrogens with two attached hydrogens (primary N) is 1. The topological polar surface area (TPSA) is 26.0 Å². The molecular weight excluding hydrogens is 170 g/mol. The summed E-state index contributed by atoms with van der Waals surface area (Å²) >= 11 is 0. The molecule has 0 aliphatic carbocycles. The maximum Gasteiger partial charge on any atom is -0.00772 e. The minimum Gasteiger partial charge on any atom is -0.330 e. The van der Waals surface area contributed by atoms with E-state index in [9.17, 15) is 0 Å². The zero-order valence-corrected chi connectivity index (χ0v) is 10.2. The molecule has 86 valence electrons. The molecule has 1 nitrogen and oxygen atoms in total. The van der Waals surface area contributed by atoms with Crippen molar-refractivity contribution in [2.45, 2.75) is 71.6 Å². The molecule has 0 aliphatic rings. The fraction of sp³-hybridized carbons (Fsp3) is 1.00. The molecular formula is C13H29N. The van der Waals surface area contributed by atoms with Gasteiger partial charge in [-0.05, 0) is 25.3 Å². The second-order valence-corrected chi connectivity index (χ2v) is 4.43. The number of hydrogen-bond donors (Lipinski definition) is 1. The summed E-state index contributed by atoms with van der Waals surface area (Å²) in [6.07, 6.45) is 12.4. The Kier molecular flexibility index (Phi) is 11.0. The molecule has 0 rings (SSSR count). The van der Waals surface area contributed by atoms with Crippen LogP contribution in [-0.2, 0) is 0 Å². The fourth-order valence-electron chi connectivity index (χ4n) is 2.11. The van der Waals surface area contributed by atoms with Gasteiger partial charge in [0, 0.05) is 0 Å². The molecule has 0 fully saturated rings. The Labute approximate surface area is 90.5 Å². The Bertz CT molecular complexity index is 101. The highest BCUT2D eigenvalue weighted by molar-refractivity contribution is 4.60. The minimum atomic E-state index is 0.870. The Morgan fingerprint density at radius 3 is 2.07 bits per heavy atom. The van der Waals surface area contributed by atoms with Gasteiger partial charge >= 0.3 is 0 Å². The first-order valence-electron chi connectivity index (χ1n) is 6.55. The number of hydrogen-bond acceptors (Lipinski definition) is 1. The van der Waals surface area contributed by atoms with Crippen LogP contribution in [0.1, 0.15) is 71.6 Å². The standard InChI is InChI=1S/C13H29N/c1-3-5-6-7-10-13(9-4-2)11-8-12-14/h13H,3-12,14H2,1-2H3. The Morgan fingerprint density at radius 1 is 0.786 bits per heavy atom. The van der Waals surface area contributed by atoms with E-state index in [1.54, 1.807) is 0 Å². The monoisotopic (exact) mass is 199 g/mol. The molecule has 0 amide bonds. The van der Waals surface area contributed by atoms with Gasteiger partial charge in [-0.1, -0.05) is 58.8 Å². The third-order valence-electron chi connectivity index (χ3n) is 2.98. The molecule has 1 heteroatoms. The maximum absolute atomic E-state index is 5.55. The summed E-state index contributed by atoms with van der Waals surface area (Å²) in [5.41, 5.74) is 5.55. The van der Waals surface area contributed by atoms with Gasteiger partial charge in [0.05, 0.1) is 0 Å². The highest BCUT2D eigenvalue weighted by Gasteiger charge is 2.06. The third-order valence-corrected chi connectivity index (χ3v) is 2.98. The number of unbranched alkanes of at least 4 members (excludes halogenated alkanes) is 3. The molecule has 1 unspecified atom stereocenters. The van der Waals surface area contributed by atoms with Crippen molar-refractivity contribution in [2.75, 3.05) is 6.54 Å². The zero-order valence-electron chi connectivity index (χ0n) is 10.2. The summed E-state index contributed by atoms with van der Waals surface area (Å²) in [7, 11) is 0. The van der Waals surface area contributed by atoms with Gasteiger partial charge in [0.2, 0.25) is 0 Å². The van der Waals surface area contributed by atoms with Crippen LogP contribution in [0.3, 0.4) is 0 Å². The van der Waals surface area contributed by atoms with Crippen molar-refractivity contribution in [3.8, 4) is 0 Å². The van der Waals surface area contributed by atoms with Crippen molar-refractivity contribution in [2.24, 2.45) is 11.7 Å². The highest BCUT2D eigenvalue weighted by Crippen LogP contribution is 2.20. The van der Waals surface area contributed by atoms with Crippen LogP contribution in [0.4, 0.5) is 0 Å². The normalized spacial score (nSPS) is 13.1. The summed E-state index contributed by atoms with van der Waals surface area (Å²) in [6.45, 7) is 5.44. The van der Waals surface area contributed by atoms with Crippen molar-refractivity contribution in [3.05, 3.63) is 0 Å². The van der Waals surface area contributed by atoms with E-state index < -0.39 is 0 Å². The van der Waals surface area contributed by atoms with E-state index >= 15 is 0 Å². The number of rotatable bonds is 10. The molecule has 2 N–H and O–H groups in total. The van der Waals surface area contributed by atoms with Gasteiger partial charge in [0.15, 0.2) is 0 Å². The van der Waals surface area contributed by atoms with Crippen LogP contribution >= 0.6 is 0 Å². The molecule has 0 aromatic heterocycles. The van der Waals surface area contributed by atoms with E-state index in [0.29, 0.717) is 0 Å². The second-order valence-electron chi connectivity index (χ2n) is 4.43. The zero-order chi connectivity index (χ0) is 10.6. The van der Waals surface area contributed by atoms with Gasteiger partial charge in [0.1, 0.15) is 0 Å². The predicted octanol–water partition coefficient (Wildman–Crippen LogP) is 4.11. The van der Waals surface area contributed by atoms with Gasteiger partial charge in [0.25, 0.3) is 0 Å². The molecule has 0 aromatic rings. The van der Waals surface area contributed by atoms with Crippen LogP contribution < -0.4 is 5.73 Å². The smallest absolute Gasteiger partial charge is 0.00772 e. The first-order chi connectivity index (χ1) is 6.85. The van der Waals surface area contributed by atoms with Gasteiger partial charge in [-0.25, -0.2) is 0 Å². The second kappa shape index (κ2) is 11.0. The third kappa shape index (κ3) is 8.55. The molecule has 0 radical (unpaired) electrons. The van der Waals surface area contributed by atoms with Crippen LogP contribution in [0.15, 0.2) is 0 Å². The average Bonchev–Trinajstić information content (AvgIpc) is 2.20. The van der Waals surface area contributed by atoms with Crippen LogP contribution in [0.2, 0.25) is 0 Å². The fourth-order valence-corrected chi connectivity index (χ4v) is 2.11. The van der Waals surface area contributed by atoms with Crippen molar-refractivity contribution < 1.29 is 0 Å². The summed E-state index contributed by atoms with van der Waals surface area (Å²) in [6, 6.07) is 0. The van der Waals surface area contributed by atoms with Crippen LogP contribution in [0.25, 0.3) is 0 Å².